The number of amides is 1. The molecular formula is C17H23N5O3. The second-order valence-corrected chi connectivity index (χ2v) is 4.98. The van der Waals surface area contributed by atoms with Crippen LogP contribution in [0.3, 0.4) is 0 Å². The molecule has 1 N–H and O–H groups in total. The maximum Gasteiger partial charge on any atom is 0.273 e. The normalized spacial score (nSPS) is 13.5. The van der Waals surface area contributed by atoms with Crippen LogP contribution >= 0.6 is 0 Å². The molecule has 134 valence electrons. The molecule has 0 unspecified atom stereocenters. The Kier molecular flexibility index (Phi) is 7.98. The molecule has 25 heavy (non-hydrogen) atoms. The van der Waals surface area contributed by atoms with Crippen molar-refractivity contribution in [2.24, 2.45) is 20.5 Å². The van der Waals surface area contributed by atoms with Gasteiger partial charge in [0.1, 0.15) is 14.2 Å². The predicted molar refractivity (Wildman–Crippen MR) is 99.5 cm³/mol. The summed E-state index contributed by atoms with van der Waals surface area (Å²) < 4.78 is 0. The standard InChI is InChI=1S/C17H23N5O3/c1-11(12(2)21-24-5)19-20-13(3)14-9-7-8-10-15(14)16(22-25-6)17(23)18-4/h7-10H,1-6H3,(H,18,23)/b19-11+,20-13+,21-12+,22-16+. The highest BCUT2D eigenvalue weighted by molar-refractivity contribution is 6.46. The first-order chi connectivity index (χ1) is 12.0. The van der Waals surface area contributed by atoms with Gasteiger partial charge in [0.05, 0.1) is 17.1 Å². The highest BCUT2D eigenvalue weighted by Crippen LogP contribution is 2.13. The van der Waals surface area contributed by atoms with Crippen LogP contribution in [-0.4, -0.2) is 50.0 Å². The summed E-state index contributed by atoms with van der Waals surface area (Å²) in [6.45, 7) is 5.35. The highest BCUT2D eigenvalue weighted by atomic mass is 16.6. The van der Waals surface area contributed by atoms with E-state index in [-0.39, 0.29) is 11.6 Å². The van der Waals surface area contributed by atoms with E-state index >= 15 is 0 Å². The first kappa shape index (κ1) is 20.0. The van der Waals surface area contributed by atoms with E-state index in [1.54, 1.807) is 26.8 Å². The van der Waals surface area contributed by atoms with Crippen LogP contribution in [0.5, 0.6) is 0 Å². The summed E-state index contributed by atoms with van der Waals surface area (Å²) in [6, 6.07) is 7.27. The van der Waals surface area contributed by atoms with Crippen LogP contribution in [0.2, 0.25) is 0 Å². The second kappa shape index (κ2) is 9.96. The quantitative estimate of drug-likeness (QED) is 0.604. The minimum Gasteiger partial charge on any atom is -0.399 e. The summed E-state index contributed by atoms with van der Waals surface area (Å²) in [5.74, 6) is -0.357. The smallest absolute Gasteiger partial charge is 0.273 e. The number of nitrogens with zero attached hydrogens (tertiary/aromatic N) is 4. The summed E-state index contributed by atoms with van der Waals surface area (Å²) in [6.07, 6.45) is 0. The van der Waals surface area contributed by atoms with E-state index < -0.39 is 0 Å². The Labute approximate surface area is 147 Å². The Morgan fingerprint density at radius 1 is 0.920 bits per heavy atom. The number of benzene rings is 1. The number of rotatable bonds is 7. The van der Waals surface area contributed by atoms with Crippen molar-refractivity contribution in [3.05, 3.63) is 35.4 Å². The van der Waals surface area contributed by atoms with Crippen molar-refractivity contribution in [1.82, 2.24) is 5.32 Å². The largest absolute Gasteiger partial charge is 0.399 e. The number of hydrogen-bond donors (Lipinski definition) is 1. The zero-order valence-electron chi connectivity index (χ0n) is 15.3. The molecule has 0 aliphatic heterocycles. The van der Waals surface area contributed by atoms with Gasteiger partial charge in [-0.2, -0.15) is 10.2 Å². The highest BCUT2D eigenvalue weighted by Gasteiger charge is 2.18. The first-order valence-electron chi connectivity index (χ1n) is 7.56. The lowest BCUT2D eigenvalue weighted by Crippen LogP contribution is -2.29. The maximum absolute atomic E-state index is 12.1. The Balaban J connectivity index is 3.33. The zero-order valence-corrected chi connectivity index (χ0v) is 15.3. The molecule has 0 saturated carbocycles. The van der Waals surface area contributed by atoms with Crippen LogP contribution in [0.25, 0.3) is 0 Å². The third-order valence-electron chi connectivity index (χ3n) is 3.30. The van der Waals surface area contributed by atoms with Crippen molar-refractivity contribution >= 4 is 28.8 Å². The van der Waals surface area contributed by atoms with Crippen LogP contribution in [0.15, 0.2) is 44.8 Å². The lowest BCUT2D eigenvalue weighted by atomic mass is 9.99. The molecule has 0 heterocycles. The minimum absolute atomic E-state index is 0.160. The molecule has 0 aliphatic rings. The monoisotopic (exact) mass is 345 g/mol. The average Bonchev–Trinajstić information content (AvgIpc) is 2.63. The Morgan fingerprint density at radius 3 is 2.08 bits per heavy atom. The topological polar surface area (TPSA) is 97.0 Å². The summed E-state index contributed by atoms with van der Waals surface area (Å²) >= 11 is 0. The van der Waals surface area contributed by atoms with Gasteiger partial charge in [-0.05, 0) is 20.8 Å². The van der Waals surface area contributed by atoms with E-state index in [4.69, 9.17) is 9.68 Å². The first-order valence-corrected chi connectivity index (χ1v) is 7.56. The fraction of sp³-hybridized carbons (Fsp3) is 0.353. The molecule has 8 heteroatoms. The van der Waals surface area contributed by atoms with Gasteiger partial charge < -0.3 is 15.0 Å². The maximum atomic E-state index is 12.1. The van der Waals surface area contributed by atoms with Crippen molar-refractivity contribution in [3.8, 4) is 0 Å². The molecule has 0 saturated heterocycles. The lowest BCUT2D eigenvalue weighted by molar-refractivity contribution is -0.114. The van der Waals surface area contributed by atoms with Crippen molar-refractivity contribution in [3.63, 3.8) is 0 Å². The van der Waals surface area contributed by atoms with Gasteiger partial charge in [0.15, 0.2) is 5.71 Å². The molecule has 1 rings (SSSR count). The van der Waals surface area contributed by atoms with Gasteiger partial charge in [0, 0.05) is 18.2 Å². The molecule has 0 fully saturated rings. The molecule has 1 aromatic rings. The van der Waals surface area contributed by atoms with Gasteiger partial charge in [0.25, 0.3) is 5.91 Å². The van der Waals surface area contributed by atoms with E-state index in [2.05, 4.69) is 25.8 Å². The molecule has 1 aromatic carbocycles. The van der Waals surface area contributed by atoms with Crippen molar-refractivity contribution in [2.45, 2.75) is 20.8 Å². The second-order valence-electron chi connectivity index (χ2n) is 4.98. The number of carbonyl (C=O) groups excluding carboxylic acids is 1. The van der Waals surface area contributed by atoms with Crippen LogP contribution < -0.4 is 5.32 Å². The zero-order chi connectivity index (χ0) is 18.8. The molecule has 0 atom stereocenters. The molecular weight excluding hydrogens is 322 g/mol. The third kappa shape index (κ3) is 5.52. The minimum atomic E-state index is -0.357. The number of likely N-dealkylation sites (N-methyl/N-ethyl adjacent to an activating group) is 1. The Morgan fingerprint density at radius 2 is 1.52 bits per heavy atom. The van der Waals surface area contributed by atoms with Gasteiger partial charge in [-0.15, -0.1) is 0 Å². The van der Waals surface area contributed by atoms with E-state index in [1.165, 1.54) is 21.3 Å². The van der Waals surface area contributed by atoms with Gasteiger partial charge in [-0.1, -0.05) is 34.6 Å². The molecule has 0 aromatic heterocycles. The summed E-state index contributed by atoms with van der Waals surface area (Å²) in [5.41, 5.74) is 3.34. The van der Waals surface area contributed by atoms with E-state index in [9.17, 15) is 4.79 Å². The number of carbonyl (C=O) groups is 1. The lowest BCUT2D eigenvalue weighted by Gasteiger charge is -2.10. The summed E-state index contributed by atoms with van der Waals surface area (Å²) in [7, 11) is 4.39. The van der Waals surface area contributed by atoms with Crippen LogP contribution in [-0.2, 0) is 14.5 Å². The Bertz CT molecular complexity index is 736. The number of nitrogens with one attached hydrogen (secondary N) is 1. The fourth-order valence-electron chi connectivity index (χ4n) is 1.91. The predicted octanol–water partition coefficient (Wildman–Crippen LogP) is 1.99. The van der Waals surface area contributed by atoms with Crippen molar-refractivity contribution in [1.29, 1.82) is 0 Å². The van der Waals surface area contributed by atoms with E-state index in [0.717, 1.165) is 5.56 Å². The summed E-state index contributed by atoms with van der Waals surface area (Å²) in [4.78, 5) is 21.6. The van der Waals surface area contributed by atoms with Gasteiger partial charge in [0.2, 0.25) is 0 Å². The van der Waals surface area contributed by atoms with E-state index in [1.807, 2.05) is 18.2 Å². The van der Waals surface area contributed by atoms with Gasteiger partial charge >= 0.3 is 0 Å². The summed E-state index contributed by atoms with van der Waals surface area (Å²) in [5, 5.41) is 18.6. The van der Waals surface area contributed by atoms with Crippen LogP contribution in [0.1, 0.15) is 31.9 Å². The molecule has 0 spiro atoms. The van der Waals surface area contributed by atoms with Gasteiger partial charge in [-0.25, -0.2) is 0 Å². The average molecular weight is 345 g/mol. The molecule has 0 aliphatic carbocycles. The fourth-order valence-corrected chi connectivity index (χ4v) is 1.91. The molecule has 0 radical (unpaired) electrons. The van der Waals surface area contributed by atoms with Gasteiger partial charge in [-0.3, -0.25) is 4.79 Å². The number of hydrogen-bond acceptors (Lipinski definition) is 7. The SMILES string of the molecule is CNC(=O)/C(=N/OC)c1ccccc1/C(C)=N/N=C(C)/C(C)=N/OC. The third-order valence-corrected chi connectivity index (χ3v) is 3.30. The Hall–Kier alpha value is -3.03. The molecule has 0 bridgehead atoms. The number of oxime groups is 2. The van der Waals surface area contributed by atoms with Crippen LogP contribution in [0.4, 0.5) is 0 Å². The van der Waals surface area contributed by atoms with Crippen LogP contribution in [0, 0.1) is 0 Å². The van der Waals surface area contributed by atoms with Crippen molar-refractivity contribution in [2.75, 3.05) is 21.3 Å². The van der Waals surface area contributed by atoms with Crippen molar-refractivity contribution < 1.29 is 14.5 Å². The molecule has 8 nitrogen and oxygen atoms in total. The molecule has 1 amide bonds. The van der Waals surface area contributed by atoms with E-state index in [0.29, 0.717) is 22.7 Å².